The summed E-state index contributed by atoms with van der Waals surface area (Å²) in [7, 11) is 0. The number of rotatable bonds is 2. The lowest BCUT2D eigenvalue weighted by Crippen LogP contribution is -2.26. The number of hydrogen-bond donors (Lipinski definition) is 1. The molecule has 3 atom stereocenters. The van der Waals surface area contributed by atoms with E-state index in [0.717, 1.165) is 11.8 Å². The van der Waals surface area contributed by atoms with Crippen molar-refractivity contribution in [2.24, 2.45) is 11.8 Å². The molecule has 2 nitrogen and oxygen atoms in total. The number of nitrogens with one attached hydrogen (secondary N) is 1. The molecule has 0 aliphatic heterocycles. The molecular formula is C13H18N2. The van der Waals surface area contributed by atoms with Gasteiger partial charge >= 0.3 is 0 Å². The van der Waals surface area contributed by atoms with Crippen LogP contribution in [0.2, 0.25) is 0 Å². The van der Waals surface area contributed by atoms with Gasteiger partial charge < -0.3 is 5.32 Å². The van der Waals surface area contributed by atoms with Crippen LogP contribution in [0.15, 0.2) is 18.5 Å². The molecule has 80 valence electrons. The molecule has 2 fully saturated rings. The van der Waals surface area contributed by atoms with Crippen molar-refractivity contribution in [3.8, 4) is 0 Å². The van der Waals surface area contributed by atoms with Crippen LogP contribution in [0.4, 0.5) is 5.69 Å². The summed E-state index contributed by atoms with van der Waals surface area (Å²) in [5.74, 6) is 1.93. The predicted octanol–water partition coefficient (Wildman–Crippen LogP) is 2.99. The quantitative estimate of drug-likeness (QED) is 0.797. The zero-order chi connectivity index (χ0) is 10.3. The number of fused-ring (bicyclic) bond motifs is 2. The Bertz CT molecular complexity index is 361. The minimum Gasteiger partial charge on any atom is -0.381 e. The van der Waals surface area contributed by atoms with Crippen LogP contribution in [0.5, 0.6) is 0 Å². The summed E-state index contributed by atoms with van der Waals surface area (Å²) in [6, 6.07) is 2.79. The molecule has 0 saturated heterocycles. The first-order valence-electron chi connectivity index (χ1n) is 6.00. The SMILES string of the molecule is Cc1ccncc1NC1CC2CCC1C2. The van der Waals surface area contributed by atoms with Crippen LogP contribution in [0.1, 0.15) is 31.2 Å². The summed E-state index contributed by atoms with van der Waals surface area (Å²) in [6.07, 6.45) is 9.55. The second kappa shape index (κ2) is 3.51. The van der Waals surface area contributed by atoms with E-state index in [2.05, 4.69) is 23.3 Å². The normalized spacial score (nSPS) is 33.3. The third kappa shape index (κ3) is 1.62. The fourth-order valence-electron chi connectivity index (χ4n) is 3.24. The molecule has 2 aliphatic rings. The first kappa shape index (κ1) is 9.20. The lowest BCUT2D eigenvalue weighted by molar-refractivity contribution is 0.439. The van der Waals surface area contributed by atoms with Crippen molar-refractivity contribution in [3.05, 3.63) is 24.0 Å². The van der Waals surface area contributed by atoms with E-state index in [-0.39, 0.29) is 0 Å². The molecular weight excluding hydrogens is 184 g/mol. The van der Waals surface area contributed by atoms with Crippen molar-refractivity contribution in [1.82, 2.24) is 4.98 Å². The van der Waals surface area contributed by atoms with Crippen LogP contribution in [0.25, 0.3) is 0 Å². The third-order valence-electron chi connectivity index (χ3n) is 4.12. The summed E-state index contributed by atoms with van der Waals surface area (Å²) in [5.41, 5.74) is 2.54. The van der Waals surface area contributed by atoms with Gasteiger partial charge in [0.15, 0.2) is 0 Å². The van der Waals surface area contributed by atoms with E-state index in [1.807, 2.05) is 12.4 Å². The van der Waals surface area contributed by atoms with E-state index in [4.69, 9.17) is 0 Å². The zero-order valence-electron chi connectivity index (χ0n) is 9.24. The molecule has 2 heteroatoms. The van der Waals surface area contributed by atoms with Crippen LogP contribution in [-0.4, -0.2) is 11.0 Å². The van der Waals surface area contributed by atoms with Crippen molar-refractivity contribution >= 4 is 5.69 Å². The van der Waals surface area contributed by atoms with Crippen LogP contribution in [0, 0.1) is 18.8 Å². The number of aromatic nitrogens is 1. The number of anilines is 1. The maximum Gasteiger partial charge on any atom is 0.0558 e. The summed E-state index contributed by atoms with van der Waals surface area (Å²) < 4.78 is 0. The Morgan fingerprint density at radius 1 is 1.33 bits per heavy atom. The van der Waals surface area contributed by atoms with E-state index in [0.29, 0.717) is 6.04 Å². The van der Waals surface area contributed by atoms with Crippen molar-refractivity contribution in [1.29, 1.82) is 0 Å². The summed E-state index contributed by atoms with van der Waals surface area (Å²) >= 11 is 0. The second-order valence-electron chi connectivity index (χ2n) is 5.12. The van der Waals surface area contributed by atoms with Gasteiger partial charge in [0, 0.05) is 12.2 Å². The number of pyridine rings is 1. The molecule has 3 unspecified atom stereocenters. The molecule has 0 aromatic carbocycles. The van der Waals surface area contributed by atoms with Gasteiger partial charge in [-0.25, -0.2) is 0 Å². The Labute approximate surface area is 91.1 Å². The topological polar surface area (TPSA) is 24.9 Å². The maximum atomic E-state index is 4.19. The van der Waals surface area contributed by atoms with Gasteiger partial charge in [-0.1, -0.05) is 6.42 Å². The van der Waals surface area contributed by atoms with E-state index >= 15 is 0 Å². The van der Waals surface area contributed by atoms with Crippen LogP contribution >= 0.6 is 0 Å². The highest BCUT2D eigenvalue weighted by Gasteiger charge is 2.39. The summed E-state index contributed by atoms with van der Waals surface area (Å²) in [5, 5.41) is 3.68. The fourth-order valence-corrected chi connectivity index (χ4v) is 3.24. The third-order valence-corrected chi connectivity index (χ3v) is 4.12. The van der Waals surface area contributed by atoms with E-state index in [1.165, 1.54) is 36.9 Å². The molecule has 3 rings (SSSR count). The predicted molar refractivity (Wildman–Crippen MR) is 61.8 cm³/mol. The highest BCUT2D eigenvalue weighted by molar-refractivity contribution is 5.49. The molecule has 0 spiro atoms. The Kier molecular flexibility index (Phi) is 2.15. The number of hydrogen-bond acceptors (Lipinski definition) is 2. The second-order valence-corrected chi connectivity index (χ2v) is 5.12. The molecule has 1 heterocycles. The largest absolute Gasteiger partial charge is 0.381 e. The molecule has 1 N–H and O–H groups in total. The lowest BCUT2D eigenvalue weighted by atomic mass is 9.95. The van der Waals surface area contributed by atoms with Crippen LogP contribution in [0.3, 0.4) is 0 Å². The molecule has 15 heavy (non-hydrogen) atoms. The van der Waals surface area contributed by atoms with Gasteiger partial charge in [0.2, 0.25) is 0 Å². The van der Waals surface area contributed by atoms with Crippen molar-refractivity contribution < 1.29 is 0 Å². The van der Waals surface area contributed by atoms with E-state index < -0.39 is 0 Å². The molecule has 2 bridgehead atoms. The van der Waals surface area contributed by atoms with Crippen LogP contribution < -0.4 is 5.32 Å². The highest BCUT2D eigenvalue weighted by Crippen LogP contribution is 2.45. The van der Waals surface area contributed by atoms with Crippen LogP contribution in [-0.2, 0) is 0 Å². The smallest absolute Gasteiger partial charge is 0.0558 e. The minimum absolute atomic E-state index is 0.714. The highest BCUT2D eigenvalue weighted by atomic mass is 15.0. The average Bonchev–Trinajstić information content (AvgIpc) is 2.83. The Morgan fingerprint density at radius 3 is 2.93 bits per heavy atom. The minimum atomic E-state index is 0.714. The van der Waals surface area contributed by atoms with Gasteiger partial charge in [-0.2, -0.15) is 0 Å². The van der Waals surface area contributed by atoms with Crippen molar-refractivity contribution in [3.63, 3.8) is 0 Å². The first-order chi connectivity index (χ1) is 7.33. The van der Waals surface area contributed by atoms with Crippen molar-refractivity contribution in [2.45, 2.75) is 38.6 Å². The van der Waals surface area contributed by atoms with Gasteiger partial charge in [0.25, 0.3) is 0 Å². The van der Waals surface area contributed by atoms with Crippen molar-refractivity contribution in [2.75, 3.05) is 5.32 Å². The molecule has 1 aromatic heterocycles. The summed E-state index contributed by atoms with van der Waals surface area (Å²) in [4.78, 5) is 4.19. The van der Waals surface area contributed by atoms with Gasteiger partial charge in [-0.15, -0.1) is 0 Å². The Hall–Kier alpha value is -1.05. The lowest BCUT2D eigenvalue weighted by Gasteiger charge is -2.24. The van der Waals surface area contributed by atoms with E-state index in [1.54, 1.807) is 0 Å². The zero-order valence-corrected chi connectivity index (χ0v) is 9.24. The molecule has 1 aromatic rings. The molecule has 2 saturated carbocycles. The standard InChI is InChI=1S/C13H18N2/c1-9-4-5-14-8-13(9)15-12-7-10-2-3-11(12)6-10/h4-5,8,10-12,15H,2-3,6-7H2,1H3. The number of nitrogens with zero attached hydrogens (tertiary/aromatic N) is 1. The van der Waals surface area contributed by atoms with Gasteiger partial charge in [0.05, 0.1) is 11.9 Å². The van der Waals surface area contributed by atoms with Gasteiger partial charge in [-0.05, 0) is 49.7 Å². The number of aryl methyl sites for hydroxylation is 1. The van der Waals surface area contributed by atoms with E-state index in [9.17, 15) is 0 Å². The fraction of sp³-hybridized carbons (Fsp3) is 0.615. The maximum absolute atomic E-state index is 4.19. The first-order valence-corrected chi connectivity index (χ1v) is 6.00. The average molecular weight is 202 g/mol. The Morgan fingerprint density at radius 2 is 2.27 bits per heavy atom. The molecule has 0 amide bonds. The molecule has 0 radical (unpaired) electrons. The molecule has 2 aliphatic carbocycles. The Balaban J connectivity index is 1.73. The van der Waals surface area contributed by atoms with Gasteiger partial charge in [0.1, 0.15) is 0 Å². The monoisotopic (exact) mass is 202 g/mol. The summed E-state index contributed by atoms with van der Waals surface area (Å²) in [6.45, 7) is 2.15. The van der Waals surface area contributed by atoms with Gasteiger partial charge in [-0.3, -0.25) is 4.98 Å².